The van der Waals surface area contributed by atoms with Crippen LogP contribution < -0.4 is 5.32 Å². The second kappa shape index (κ2) is 5.80. The van der Waals surface area contributed by atoms with Crippen molar-refractivity contribution in [3.63, 3.8) is 0 Å². The second-order valence-electron chi connectivity index (χ2n) is 4.96. The molecule has 0 aliphatic rings. The van der Waals surface area contributed by atoms with Crippen LogP contribution in [-0.2, 0) is 0 Å². The summed E-state index contributed by atoms with van der Waals surface area (Å²) in [6.07, 6.45) is 9.19. The molecule has 2 nitrogen and oxygen atoms in total. The predicted molar refractivity (Wildman–Crippen MR) is 70.2 cm³/mol. The predicted octanol–water partition coefficient (Wildman–Crippen LogP) is 3.12. The Morgan fingerprint density at radius 1 is 1.50 bits per heavy atom. The zero-order valence-electron chi connectivity index (χ0n) is 10.7. The number of hydrogen-bond donors (Lipinski definition) is 1. The summed E-state index contributed by atoms with van der Waals surface area (Å²) in [5, 5.41) is 3.32. The molecular weight excluding hydrogens is 196 g/mol. The lowest BCUT2D eigenvalue weighted by Crippen LogP contribution is -2.37. The highest BCUT2D eigenvalue weighted by Crippen LogP contribution is 2.17. The lowest BCUT2D eigenvalue weighted by atomic mass is 9.91. The molecule has 0 aromatic carbocycles. The van der Waals surface area contributed by atoms with E-state index in [1.807, 2.05) is 19.3 Å². The number of nitrogens with one attached hydrogen (secondary N) is 1. The van der Waals surface area contributed by atoms with Crippen molar-refractivity contribution in [1.82, 2.24) is 10.3 Å². The molecule has 0 aliphatic heterocycles. The van der Waals surface area contributed by atoms with Gasteiger partial charge in [0.15, 0.2) is 0 Å². The van der Waals surface area contributed by atoms with Crippen LogP contribution >= 0.6 is 0 Å². The molecular formula is C14H22N2. The van der Waals surface area contributed by atoms with E-state index >= 15 is 0 Å². The van der Waals surface area contributed by atoms with Crippen LogP contribution in [0, 0.1) is 5.92 Å². The molecule has 0 aliphatic carbocycles. The van der Waals surface area contributed by atoms with Crippen LogP contribution in [0.15, 0.2) is 30.6 Å². The van der Waals surface area contributed by atoms with Gasteiger partial charge in [0.25, 0.3) is 0 Å². The van der Waals surface area contributed by atoms with Gasteiger partial charge in [0.05, 0.1) is 0 Å². The van der Waals surface area contributed by atoms with E-state index in [1.165, 1.54) is 0 Å². The fourth-order valence-corrected chi connectivity index (χ4v) is 1.72. The number of rotatable bonds is 5. The fraction of sp³-hybridized carbons (Fsp3) is 0.500. The van der Waals surface area contributed by atoms with Crippen LogP contribution in [0.1, 0.15) is 32.8 Å². The second-order valence-corrected chi connectivity index (χ2v) is 4.96. The van der Waals surface area contributed by atoms with Gasteiger partial charge in [-0.25, -0.2) is 0 Å². The maximum atomic E-state index is 4.09. The number of aromatic nitrogens is 1. The van der Waals surface area contributed by atoms with Crippen LogP contribution in [0.3, 0.4) is 0 Å². The Bertz CT molecular complexity index is 328. The van der Waals surface area contributed by atoms with E-state index in [0.717, 1.165) is 12.0 Å². The maximum absolute atomic E-state index is 4.09. The Kier molecular flexibility index (Phi) is 4.69. The SMILES string of the molecule is CNC(C)(C)CC(C)/C=C\c1cccnc1. The summed E-state index contributed by atoms with van der Waals surface area (Å²) in [5.41, 5.74) is 1.36. The molecule has 0 radical (unpaired) electrons. The van der Waals surface area contributed by atoms with E-state index in [2.05, 4.69) is 49.3 Å². The Balaban J connectivity index is 2.52. The highest BCUT2D eigenvalue weighted by Gasteiger charge is 2.16. The summed E-state index contributed by atoms with van der Waals surface area (Å²) in [6, 6.07) is 4.03. The molecule has 0 bridgehead atoms. The van der Waals surface area contributed by atoms with E-state index in [-0.39, 0.29) is 5.54 Å². The van der Waals surface area contributed by atoms with Crippen LogP contribution in [-0.4, -0.2) is 17.6 Å². The van der Waals surface area contributed by atoms with Gasteiger partial charge in [0, 0.05) is 17.9 Å². The van der Waals surface area contributed by atoms with Gasteiger partial charge in [0.1, 0.15) is 0 Å². The summed E-state index contributed by atoms with van der Waals surface area (Å²) in [4.78, 5) is 4.09. The normalized spacial score (nSPS) is 14.2. The van der Waals surface area contributed by atoms with Gasteiger partial charge in [-0.2, -0.15) is 0 Å². The fourth-order valence-electron chi connectivity index (χ4n) is 1.72. The van der Waals surface area contributed by atoms with Gasteiger partial charge in [-0.05, 0) is 44.9 Å². The molecule has 0 spiro atoms. The van der Waals surface area contributed by atoms with Crippen molar-refractivity contribution in [2.24, 2.45) is 5.92 Å². The quantitative estimate of drug-likeness (QED) is 0.821. The summed E-state index contributed by atoms with van der Waals surface area (Å²) >= 11 is 0. The minimum atomic E-state index is 0.193. The molecule has 0 fully saturated rings. The average Bonchev–Trinajstić information content (AvgIpc) is 2.27. The van der Waals surface area contributed by atoms with Crippen LogP contribution in [0.5, 0.6) is 0 Å². The number of hydrogen-bond acceptors (Lipinski definition) is 2. The first-order valence-corrected chi connectivity index (χ1v) is 5.80. The van der Waals surface area contributed by atoms with Crippen LogP contribution in [0.2, 0.25) is 0 Å². The molecule has 16 heavy (non-hydrogen) atoms. The van der Waals surface area contributed by atoms with Gasteiger partial charge >= 0.3 is 0 Å². The average molecular weight is 218 g/mol. The van der Waals surface area contributed by atoms with Crippen molar-refractivity contribution in [2.45, 2.75) is 32.7 Å². The van der Waals surface area contributed by atoms with Crippen molar-refractivity contribution < 1.29 is 0 Å². The lowest BCUT2D eigenvalue weighted by Gasteiger charge is -2.26. The molecule has 1 N–H and O–H groups in total. The van der Waals surface area contributed by atoms with E-state index < -0.39 is 0 Å². The van der Waals surface area contributed by atoms with Crippen LogP contribution in [0.4, 0.5) is 0 Å². The van der Waals surface area contributed by atoms with Gasteiger partial charge in [-0.15, -0.1) is 0 Å². The summed E-state index contributed by atoms with van der Waals surface area (Å²) in [6.45, 7) is 6.69. The molecule has 1 aromatic heterocycles. The van der Waals surface area contributed by atoms with E-state index in [0.29, 0.717) is 5.92 Å². The largest absolute Gasteiger partial charge is 0.315 e. The molecule has 0 saturated heterocycles. The molecule has 0 amide bonds. The van der Waals surface area contributed by atoms with Gasteiger partial charge in [0.2, 0.25) is 0 Å². The molecule has 2 heteroatoms. The molecule has 1 heterocycles. The zero-order chi connectivity index (χ0) is 12.0. The first-order chi connectivity index (χ1) is 7.53. The Morgan fingerprint density at radius 3 is 2.81 bits per heavy atom. The van der Waals surface area contributed by atoms with E-state index in [4.69, 9.17) is 0 Å². The standard InChI is InChI=1S/C14H22N2/c1-12(10-14(2,3)15-4)7-8-13-6-5-9-16-11-13/h5-9,11-12,15H,10H2,1-4H3/b8-7-. The molecule has 1 atom stereocenters. The Hall–Kier alpha value is -1.15. The smallest absolute Gasteiger partial charge is 0.0340 e. The Morgan fingerprint density at radius 2 is 2.25 bits per heavy atom. The number of nitrogens with zero attached hydrogens (tertiary/aromatic N) is 1. The Labute approximate surface area is 98.8 Å². The van der Waals surface area contributed by atoms with Gasteiger partial charge in [-0.1, -0.05) is 25.1 Å². The van der Waals surface area contributed by atoms with Crippen molar-refractivity contribution >= 4 is 6.08 Å². The summed E-state index contributed by atoms with van der Waals surface area (Å²) in [5.74, 6) is 0.558. The first kappa shape index (κ1) is 12.9. The topological polar surface area (TPSA) is 24.9 Å². The lowest BCUT2D eigenvalue weighted by molar-refractivity contribution is 0.356. The molecule has 1 unspecified atom stereocenters. The van der Waals surface area contributed by atoms with Gasteiger partial charge in [-0.3, -0.25) is 4.98 Å². The molecule has 0 saturated carbocycles. The van der Waals surface area contributed by atoms with Gasteiger partial charge < -0.3 is 5.32 Å². The molecule has 1 aromatic rings. The zero-order valence-corrected chi connectivity index (χ0v) is 10.7. The van der Waals surface area contributed by atoms with E-state index in [1.54, 1.807) is 6.20 Å². The third-order valence-corrected chi connectivity index (χ3v) is 2.81. The first-order valence-electron chi connectivity index (χ1n) is 5.80. The van der Waals surface area contributed by atoms with E-state index in [9.17, 15) is 0 Å². The highest BCUT2D eigenvalue weighted by atomic mass is 14.9. The summed E-state index contributed by atoms with van der Waals surface area (Å²) < 4.78 is 0. The van der Waals surface area contributed by atoms with Crippen LogP contribution in [0.25, 0.3) is 6.08 Å². The number of pyridine rings is 1. The van der Waals surface area contributed by atoms with Crippen molar-refractivity contribution in [1.29, 1.82) is 0 Å². The maximum Gasteiger partial charge on any atom is 0.0340 e. The van der Waals surface area contributed by atoms with Crippen molar-refractivity contribution in [3.05, 3.63) is 36.2 Å². The molecule has 1 rings (SSSR count). The van der Waals surface area contributed by atoms with Crippen molar-refractivity contribution in [3.8, 4) is 0 Å². The van der Waals surface area contributed by atoms with Crippen molar-refractivity contribution in [2.75, 3.05) is 7.05 Å². The third kappa shape index (κ3) is 4.58. The molecule has 88 valence electrons. The summed E-state index contributed by atoms with van der Waals surface area (Å²) in [7, 11) is 2.01. The number of allylic oxidation sites excluding steroid dienone is 1. The monoisotopic (exact) mass is 218 g/mol. The highest BCUT2D eigenvalue weighted by molar-refractivity contribution is 5.47. The minimum absolute atomic E-state index is 0.193. The minimum Gasteiger partial charge on any atom is -0.315 e. The third-order valence-electron chi connectivity index (χ3n) is 2.81.